The number of aromatic nitrogens is 2. The van der Waals surface area contributed by atoms with Crippen molar-refractivity contribution < 1.29 is 4.79 Å². The molecule has 0 saturated heterocycles. The molecule has 0 atom stereocenters. The Morgan fingerprint density at radius 3 is 2.59 bits per heavy atom. The van der Waals surface area contributed by atoms with Crippen molar-refractivity contribution in [2.45, 2.75) is 6.54 Å². The van der Waals surface area contributed by atoms with Gasteiger partial charge in [0.2, 0.25) is 0 Å². The van der Waals surface area contributed by atoms with Crippen molar-refractivity contribution in [1.29, 1.82) is 0 Å². The predicted molar refractivity (Wildman–Crippen MR) is 112 cm³/mol. The molecule has 134 valence electrons. The molecule has 4 aromatic rings. The van der Waals surface area contributed by atoms with Crippen LogP contribution in [0.15, 0.2) is 83.6 Å². The molecule has 0 radical (unpaired) electrons. The minimum Gasteiger partial charge on any atom is -0.307 e. The number of fused-ring (bicyclic) bond motifs is 1. The number of halogens is 1. The maximum atomic E-state index is 12.4. The van der Waals surface area contributed by atoms with Gasteiger partial charge < -0.3 is 10.6 Å². The molecule has 6 heteroatoms. The fourth-order valence-corrected chi connectivity index (χ4v) is 3.17. The lowest BCUT2D eigenvalue weighted by Gasteiger charge is -2.09. The minimum atomic E-state index is -0.297. The summed E-state index contributed by atoms with van der Waals surface area (Å²) in [6.07, 6.45) is 3.45. The van der Waals surface area contributed by atoms with E-state index in [4.69, 9.17) is 0 Å². The lowest BCUT2D eigenvalue weighted by atomic mass is 10.1. The predicted octanol–water partition coefficient (Wildman–Crippen LogP) is 5.49. The van der Waals surface area contributed by atoms with Crippen LogP contribution >= 0.6 is 15.9 Å². The Morgan fingerprint density at radius 1 is 0.963 bits per heavy atom. The van der Waals surface area contributed by atoms with Crippen LogP contribution < -0.4 is 10.6 Å². The molecule has 2 amide bonds. The summed E-state index contributed by atoms with van der Waals surface area (Å²) in [6, 6.07) is 21.5. The largest absolute Gasteiger partial charge is 0.323 e. The Hall–Kier alpha value is -3.12. The number of carbonyl (C=O) groups excluding carboxylic acids is 1. The molecule has 3 aromatic carbocycles. The van der Waals surface area contributed by atoms with Gasteiger partial charge in [0.1, 0.15) is 0 Å². The summed E-state index contributed by atoms with van der Waals surface area (Å²) >= 11 is 3.43. The standard InChI is InChI=1S/C21H17BrN4O/c22-17-10-8-15(9-11-17)13-26-14-18(12-23-26)24-21(27)25-20-7-3-5-16-4-1-2-6-19(16)20/h1-12,14H,13H2,(H2,24,25,27). The highest BCUT2D eigenvalue weighted by atomic mass is 79.9. The molecule has 0 saturated carbocycles. The summed E-state index contributed by atoms with van der Waals surface area (Å²) in [5.41, 5.74) is 2.55. The lowest BCUT2D eigenvalue weighted by molar-refractivity contribution is 0.262. The van der Waals surface area contributed by atoms with Crippen molar-refractivity contribution in [1.82, 2.24) is 9.78 Å². The van der Waals surface area contributed by atoms with E-state index in [0.717, 1.165) is 26.5 Å². The van der Waals surface area contributed by atoms with Gasteiger partial charge in [-0.2, -0.15) is 5.10 Å². The van der Waals surface area contributed by atoms with Gasteiger partial charge >= 0.3 is 6.03 Å². The number of anilines is 2. The zero-order valence-electron chi connectivity index (χ0n) is 14.4. The van der Waals surface area contributed by atoms with Crippen molar-refractivity contribution in [3.8, 4) is 0 Å². The number of hydrogen-bond donors (Lipinski definition) is 2. The van der Waals surface area contributed by atoms with Crippen LogP contribution in [0.4, 0.5) is 16.2 Å². The molecule has 0 unspecified atom stereocenters. The van der Waals surface area contributed by atoms with Crippen molar-refractivity contribution in [3.63, 3.8) is 0 Å². The van der Waals surface area contributed by atoms with Gasteiger partial charge in [0.25, 0.3) is 0 Å². The maximum Gasteiger partial charge on any atom is 0.323 e. The second kappa shape index (κ2) is 7.63. The van der Waals surface area contributed by atoms with E-state index in [1.165, 1.54) is 0 Å². The second-order valence-corrected chi connectivity index (χ2v) is 7.07. The molecule has 0 aliphatic heterocycles. The summed E-state index contributed by atoms with van der Waals surface area (Å²) in [4.78, 5) is 12.4. The van der Waals surface area contributed by atoms with Crippen molar-refractivity contribution in [3.05, 3.63) is 89.2 Å². The van der Waals surface area contributed by atoms with E-state index in [1.54, 1.807) is 10.9 Å². The van der Waals surface area contributed by atoms with E-state index >= 15 is 0 Å². The Bertz CT molecular complexity index is 1080. The van der Waals surface area contributed by atoms with E-state index in [0.29, 0.717) is 12.2 Å². The Balaban J connectivity index is 1.42. The molecule has 4 rings (SSSR count). The summed E-state index contributed by atoms with van der Waals surface area (Å²) in [5.74, 6) is 0. The Morgan fingerprint density at radius 2 is 1.74 bits per heavy atom. The molecular formula is C21H17BrN4O. The molecule has 27 heavy (non-hydrogen) atoms. The van der Waals surface area contributed by atoms with E-state index in [2.05, 4.69) is 31.7 Å². The summed E-state index contributed by atoms with van der Waals surface area (Å²) in [6.45, 7) is 0.639. The molecular weight excluding hydrogens is 404 g/mol. The monoisotopic (exact) mass is 420 g/mol. The molecule has 0 fully saturated rings. The quantitative estimate of drug-likeness (QED) is 0.458. The Kier molecular flexibility index (Phi) is 4.89. The number of urea groups is 1. The van der Waals surface area contributed by atoms with E-state index < -0.39 is 0 Å². The fourth-order valence-electron chi connectivity index (χ4n) is 2.91. The molecule has 1 heterocycles. The zero-order chi connectivity index (χ0) is 18.6. The third-order valence-corrected chi connectivity index (χ3v) is 4.72. The first kappa shape index (κ1) is 17.3. The average molecular weight is 421 g/mol. The number of benzene rings is 3. The van der Waals surface area contributed by atoms with Gasteiger partial charge in [-0.15, -0.1) is 0 Å². The second-order valence-electron chi connectivity index (χ2n) is 6.16. The third-order valence-electron chi connectivity index (χ3n) is 4.19. The van der Waals surface area contributed by atoms with Crippen molar-refractivity contribution in [2.24, 2.45) is 0 Å². The highest BCUT2D eigenvalue weighted by Crippen LogP contribution is 2.23. The number of hydrogen-bond acceptors (Lipinski definition) is 2. The number of nitrogens with one attached hydrogen (secondary N) is 2. The molecule has 0 aliphatic rings. The first-order chi connectivity index (χ1) is 13.2. The van der Waals surface area contributed by atoms with Crippen LogP contribution in [-0.4, -0.2) is 15.8 Å². The van der Waals surface area contributed by atoms with E-state index in [1.807, 2.05) is 72.9 Å². The van der Waals surface area contributed by atoms with E-state index in [-0.39, 0.29) is 6.03 Å². The van der Waals surface area contributed by atoms with Gasteiger partial charge in [-0.25, -0.2) is 4.79 Å². The SMILES string of the molecule is O=C(Nc1cnn(Cc2ccc(Br)cc2)c1)Nc1cccc2ccccc12. The number of nitrogens with zero attached hydrogens (tertiary/aromatic N) is 2. The third kappa shape index (κ3) is 4.17. The van der Waals surface area contributed by atoms with Crippen LogP contribution in [0.3, 0.4) is 0 Å². The van der Waals surface area contributed by atoms with E-state index in [9.17, 15) is 4.79 Å². The zero-order valence-corrected chi connectivity index (χ0v) is 16.0. The molecule has 0 spiro atoms. The van der Waals surface area contributed by atoms with Crippen LogP contribution in [-0.2, 0) is 6.54 Å². The van der Waals surface area contributed by atoms with Crippen LogP contribution in [0.5, 0.6) is 0 Å². The molecule has 0 bridgehead atoms. The van der Waals surface area contributed by atoms with Gasteiger partial charge in [-0.3, -0.25) is 4.68 Å². The highest BCUT2D eigenvalue weighted by Gasteiger charge is 2.07. The molecule has 2 N–H and O–H groups in total. The normalized spacial score (nSPS) is 10.7. The summed E-state index contributed by atoms with van der Waals surface area (Å²) < 4.78 is 2.83. The lowest BCUT2D eigenvalue weighted by Crippen LogP contribution is -2.19. The first-order valence-electron chi connectivity index (χ1n) is 8.50. The van der Waals surface area contributed by atoms with Gasteiger partial charge in [0.05, 0.1) is 24.1 Å². The van der Waals surface area contributed by atoms with Gasteiger partial charge in [0, 0.05) is 16.1 Å². The van der Waals surface area contributed by atoms with Crippen LogP contribution in [0.2, 0.25) is 0 Å². The first-order valence-corrected chi connectivity index (χ1v) is 9.29. The van der Waals surface area contributed by atoms with Crippen molar-refractivity contribution >= 4 is 44.1 Å². The topological polar surface area (TPSA) is 59.0 Å². The van der Waals surface area contributed by atoms with Crippen LogP contribution in [0.1, 0.15) is 5.56 Å². The Labute approximate surface area is 165 Å². The molecule has 5 nitrogen and oxygen atoms in total. The van der Waals surface area contributed by atoms with Crippen molar-refractivity contribution in [2.75, 3.05) is 10.6 Å². The van der Waals surface area contributed by atoms with Crippen LogP contribution in [0, 0.1) is 0 Å². The van der Waals surface area contributed by atoms with Crippen LogP contribution in [0.25, 0.3) is 10.8 Å². The maximum absolute atomic E-state index is 12.4. The number of carbonyl (C=O) groups is 1. The summed E-state index contributed by atoms with van der Waals surface area (Å²) in [5, 5.41) is 12.1. The molecule has 0 aliphatic carbocycles. The number of amides is 2. The van der Waals surface area contributed by atoms with Gasteiger partial charge in [-0.05, 0) is 29.1 Å². The van der Waals surface area contributed by atoms with Gasteiger partial charge in [-0.1, -0.05) is 64.5 Å². The average Bonchev–Trinajstić information content (AvgIpc) is 3.10. The smallest absolute Gasteiger partial charge is 0.307 e. The van der Waals surface area contributed by atoms with Gasteiger partial charge in [0.15, 0.2) is 0 Å². The fraction of sp³-hybridized carbons (Fsp3) is 0.0476. The summed E-state index contributed by atoms with van der Waals surface area (Å²) in [7, 11) is 0. The molecule has 1 aromatic heterocycles. The minimum absolute atomic E-state index is 0.297. The number of rotatable bonds is 4. The highest BCUT2D eigenvalue weighted by molar-refractivity contribution is 9.10.